The number of benzene rings is 2. The van der Waals surface area contributed by atoms with Crippen molar-refractivity contribution in [2.75, 3.05) is 18.2 Å². The number of carbonyl (C=O) groups is 1. The lowest BCUT2D eigenvalue weighted by Crippen LogP contribution is -2.14. The molecule has 0 saturated heterocycles. The first kappa shape index (κ1) is 21.2. The number of nitrogens with zero attached hydrogens (tertiary/aromatic N) is 5. The highest BCUT2D eigenvalue weighted by Crippen LogP contribution is 2.25. The molecular formula is C23H20N6O2S2. The molecule has 166 valence electrons. The van der Waals surface area contributed by atoms with E-state index in [-0.39, 0.29) is 11.7 Å². The van der Waals surface area contributed by atoms with Gasteiger partial charge in [0.25, 0.3) is 0 Å². The van der Waals surface area contributed by atoms with E-state index in [1.165, 1.54) is 11.8 Å². The van der Waals surface area contributed by atoms with E-state index in [2.05, 4.69) is 20.5 Å². The molecule has 1 amide bonds. The molecule has 0 radical (unpaired) electrons. The average molecular weight is 477 g/mol. The van der Waals surface area contributed by atoms with Gasteiger partial charge in [-0.05, 0) is 43.3 Å². The molecule has 1 N–H and O–H groups in total. The molecule has 0 unspecified atom stereocenters. The lowest BCUT2D eigenvalue weighted by Gasteiger charge is -2.09. The molecule has 8 nitrogen and oxygen atoms in total. The molecule has 3 aromatic heterocycles. The third-order valence-electron chi connectivity index (χ3n) is 5.02. The van der Waals surface area contributed by atoms with Crippen LogP contribution in [0.4, 0.5) is 5.69 Å². The third kappa shape index (κ3) is 4.48. The number of anilines is 1. The largest absolute Gasteiger partial charge is 0.497 e. The summed E-state index contributed by atoms with van der Waals surface area (Å²) >= 11 is 2.93. The maximum Gasteiger partial charge on any atom is 0.234 e. The number of hydrogen-bond donors (Lipinski definition) is 1. The molecule has 0 aliphatic rings. The fraction of sp³-hybridized carbons (Fsp3) is 0.130. The zero-order valence-corrected chi connectivity index (χ0v) is 19.6. The third-order valence-corrected chi connectivity index (χ3v) is 6.72. The van der Waals surface area contributed by atoms with Crippen molar-refractivity contribution in [1.29, 1.82) is 0 Å². The lowest BCUT2D eigenvalue weighted by atomic mass is 10.1. The van der Waals surface area contributed by atoms with Crippen LogP contribution in [0.25, 0.3) is 21.9 Å². The Morgan fingerprint density at radius 1 is 1.12 bits per heavy atom. The van der Waals surface area contributed by atoms with Crippen LogP contribution in [0.15, 0.2) is 71.5 Å². The van der Waals surface area contributed by atoms with E-state index in [0.29, 0.717) is 5.16 Å². The molecule has 0 saturated carbocycles. The summed E-state index contributed by atoms with van der Waals surface area (Å²) in [5.41, 5.74) is 3.55. The minimum atomic E-state index is -0.114. The highest BCUT2D eigenvalue weighted by atomic mass is 32.2. The fourth-order valence-corrected chi connectivity index (χ4v) is 4.88. The topological polar surface area (TPSA) is 86.3 Å². The Hall–Kier alpha value is -3.63. The number of nitrogens with one attached hydrogen (secondary N) is 1. The summed E-state index contributed by atoms with van der Waals surface area (Å²) in [7, 11) is 1.63. The van der Waals surface area contributed by atoms with Gasteiger partial charge in [0.15, 0.2) is 10.1 Å². The molecule has 0 aliphatic carbocycles. The minimum absolute atomic E-state index is 0.114. The van der Waals surface area contributed by atoms with Crippen molar-refractivity contribution in [2.45, 2.75) is 12.1 Å². The minimum Gasteiger partial charge on any atom is -0.497 e. The smallest absolute Gasteiger partial charge is 0.234 e. The number of ether oxygens (including phenoxy) is 1. The van der Waals surface area contributed by atoms with Crippen molar-refractivity contribution in [3.63, 3.8) is 0 Å². The second-order valence-corrected chi connectivity index (χ2v) is 9.01. The second-order valence-electron chi connectivity index (χ2n) is 7.20. The zero-order chi connectivity index (χ0) is 22.8. The summed E-state index contributed by atoms with van der Waals surface area (Å²) in [6.45, 7) is 1.88. The summed E-state index contributed by atoms with van der Waals surface area (Å²) in [6.07, 6.45) is 3.98. The number of rotatable bonds is 7. The van der Waals surface area contributed by atoms with Gasteiger partial charge in [0, 0.05) is 34.7 Å². The predicted octanol–water partition coefficient (Wildman–Crippen LogP) is 4.69. The first-order chi connectivity index (χ1) is 16.1. The Bertz CT molecular complexity index is 1370. The quantitative estimate of drug-likeness (QED) is 0.343. The molecule has 3 heterocycles. The van der Waals surface area contributed by atoms with Crippen LogP contribution in [-0.4, -0.2) is 42.9 Å². The molecule has 0 aliphatic heterocycles. The van der Waals surface area contributed by atoms with Gasteiger partial charge in [0.2, 0.25) is 5.91 Å². The van der Waals surface area contributed by atoms with Gasteiger partial charge in [-0.15, -0.1) is 21.5 Å². The van der Waals surface area contributed by atoms with Gasteiger partial charge in [0.05, 0.1) is 18.6 Å². The van der Waals surface area contributed by atoms with Crippen LogP contribution in [0.3, 0.4) is 0 Å². The number of carbonyl (C=O) groups excluding carboxylic acids is 1. The molecule has 33 heavy (non-hydrogen) atoms. The van der Waals surface area contributed by atoms with Crippen molar-refractivity contribution in [2.24, 2.45) is 0 Å². The first-order valence-corrected chi connectivity index (χ1v) is 12.0. The van der Waals surface area contributed by atoms with E-state index in [9.17, 15) is 4.79 Å². The molecule has 0 spiro atoms. The maximum absolute atomic E-state index is 12.5. The van der Waals surface area contributed by atoms with Crippen molar-refractivity contribution in [3.05, 3.63) is 72.1 Å². The number of methoxy groups -OCH3 is 1. The number of imidazole rings is 1. The maximum atomic E-state index is 12.5. The molecule has 0 atom stereocenters. The molecular weight excluding hydrogens is 456 g/mol. The second kappa shape index (κ2) is 9.08. The monoisotopic (exact) mass is 476 g/mol. The molecule has 0 fully saturated rings. The SMILES string of the molecule is COc1ccc(-n2c(C)nnc2SCC(=O)Nc2ccc(-c3cn4ccsc4n3)cc2)cc1. The van der Waals surface area contributed by atoms with Gasteiger partial charge < -0.3 is 10.1 Å². The summed E-state index contributed by atoms with van der Waals surface area (Å²) in [4.78, 5) is 18.1. The number of amides is 1. The van der Waals surface area contributed by atoms with Crippen molar-refractivity contribution in [3.8, 4) is 22.7 Å². The number of aromatic nitrogens is 5. The standard InChI is InChI=1S/C23H20N6O2S2/c1-15-26-27-23(29(15)18-7-9-19(31-2)10-8-18)33-14-21(30)24-17-5-3-16(4-6-17)20-13-28-11-12-32-22(28)25-20/h3-13H,14H2,1-2H3,(H,24,30). The summed E-state index contributed by atoms with van der Waals surface area (Å²) in [5, 5.41) is 14.0. The van der Waals surface area contributed by atoms with Crippen LogP contribution >= 0.6 is 23.1 Å². The molecule has 0 bridgehead atoms. The van der Waals surface area contributed by atoms with Gasteiger partial charge >= 0.3 is 0 Å². The van der Waals surface area contributed by atoms with Crippen LogP contribution in [0.5, 0.6) is 5.75 Å². The zero-order valence-electron chi connectivity index (χ0n) is 17.9. The number of fused-ring (bicyclic) bond motifs is 1. The number of aryl methyl sites for hydroxylation is 1. The summed E-state index contributed by atoms with van der Waals surface area (Å²) in [5.74, 6) is 1.62. The van der Waals surface area contributed by atoms with Crippen LogP contribution in [0.2, 0.25) is 0 Å². The van der Waals surface area contributed by atoms with E-state index in [0.717, 1.165) is 39.2 Å². The molecule has 2 aromatic carbocycles. The van der Waals surface area contributed by atoms with Crippen LogP contribution in [0, 0.1) is 6.92 Å². The number of thiazole rings is 1. The van der Waals surface area contributed by atoms with Gasteiger partial charge in [-0.2, -0.15) is 0 Å². The summed E-state index contributed by atoms with van der Waals surface area (Å²) < 4.78 is 9.14. The Balaban J connectivity index is 1.22. The molecule has 10 heteroatoms. The predicted molar refractivity (Wildman–Crippen MR) is 131 cm³/mol. The Labute approximate surface area is 198 Å². The fourth-order valence-electron chi connectivity index (χ4n) is 3.38. The van der Waals surface area contributed by atoms with Gasteiger partial charge in [-0.3, -0.25) is 13.8 Å². The van der Waals surface area contributed by atoms with Crippen LogP contribution in [-0.2, 0) is 4.79 Å². The van der Waals surface area contributed by atoms with E-state index in [1.807, 2.05) is 82.2 Å². The molecule has 5 rings (SSSR count). The van der Waals surface area contributed by atoms with Gasteiger partial charge in [-0.1, -0.05) is 23.9 Å². The van der Waals surface area contributed by atoms with Crippen LogP contribution in [0.1, 0.15) is 5.82 Å². The van der Waals surface area contributed by atoms with E-state index in [1.54, 1.807) is 18.4 Å². The highest BCUT2D eigenvalue weighted by molar-refractivity contribution is 7.99. The first-order valence-electron chi connectivity index (χ1n) is 10.1. The average Bonchev–Trinajstić information content (AvgIpc) is 3.53. The molecule has 5 aromatic rings. The van der Waals surface area contributed by atoms with E-state index in [4.69, 9.17) is 4.74 Å². The van der Waals surface area contributed by atoms with Crippen molar-refractivity contribution >= 4 is 39.7 Å². The van der Waals surface area contributed by atoms with Crippen molar-refractivity contribution < 1.29 is 9.53 Å². The Morgan fingerprint density at radius 2 is 1.91 bits per heavy atom. The normalized spacial score (nSPS) is 11.1. The van der Waals surface area contributed by atoms with Gasteiger partial charge in [0.1, 0.15) is 11.6 Å². The number of hydrogen-bond acceptors (Lipinski definition) is 7. The van der Waals surface area contributed by atoms with Crippen LogP contribution < -0.4 is 10.1 Å². The van der Waals surface area contributed by atoms with Crippen molar-refractivity contribution in [1.82, 2.24) is 24.1 Å². The number of thioether (sulfide) groups is 1. The summed E-state index contributed by atoms with van der Waals surface area (Å²) in [6, 6.07) is 15.3. The lowest BCUT2D eigenvalue weighted by molar-refractivity contribution is -0.113. The van der Waals surface area contributed by atoms with E-state index < -0.39 is 0 Å². The van der Waals surface area contributed by atoms with E-state index >= 15 is 0 Å². The highest BCUT2D eigenvalue weighted by Gasteiger charge is 2.14. The van der Waals surface area contributed by atoms with Gasteiger partial charge in [-0.25, -0.2) is 4.98 Å². The Kier molecular flexibility index (Phi) is 5.84. The Morgan fingerprint density at radius 3 is 2.64 bits per heavy atom.